The highest BCUT2D eigenvalue weighted by Crippen LogP contribution is 2.39. The first-order valence-electron chi connectivity index (χ1n) is 11.3. The molecular weight excluding hydrogens is 488 g/mol. The molecule has 0 aliphatic heterocycles. The van der Waals surface area contributed by atoms with Gasteiger partial charge in [0.2, 0.25) is 0 Å². The van der Waals surface area contributed by atoms with E-state index in [4.69, 9.17) is 9.90 Å². The van der Waals surface area contributed by atoms with Gasteiger partial charge in [0, 0.05) is 12.6 Å². The van der Waals surface area contributed by atoms with Crippen LogP contribution >= 0.6 is 0 Å². The smallest absolute Gasteiger partial charge is 0.475 e. The third-order valence-corrected chi connectivity index (χ3v) is 6.31. The minimum Gasteiger partial charge on any atom is -0.475 e. The number of hydrogen-bond donors (Lipinski definition) is 3. The Kier molecular flexibility index (Phi) is 8.02. The van der Waals surface area contributed by atoms with Gasteiger partial charge >= 0.3 is 18.3 Å². The fourth-order valence-electron chi connectivity index (χ4n) is 4.12. The van der Waals surface area contributed by atoms with Gasteiger partial charge in [-0.05, 0) is 59.9 Å². The van der Waals surface area contributed by atoms with Gasteiger partial charge in [-0.2, -0.15) is 26.3 Å². The summed E-state index contributed by atoms with van der Waals surface area (Å²) >= 11 is 0. The molecule has 2 aromatic carbocycles. The number of halogens is 6. The monoisotopic (exact) mass is 515 g/mol. The topological polar surface area (TPSA) is 78.0 Å². The average molecular weight is 515 g/mol. The summed E-state index contributed by atoms with van der Waals surface area (Å²) in [5, 5.41) is 10.7. The highest BCUT2D eigenvalue weighted by Gasteiger charge is 2.38. The molecule has 1 saturated carbocycles. The van der Waals surface area contributed by atoms with E-state index in [1.54, 1.807) is 12.1 Å². The van der Waals surface area contributed by atoms with Crippen LogP contribution in [0.5, 0.6) is 0 Å². The maximum atomic E-state index is 13.6. The van der Waals surface area contributed by atoms with Crippen molar-refractivity contribution in [2.45, 2.75) is 64.5 Å². The maximum Gasteiger partial charge on any atom is 0.490 e. The summed E-state index contributed by atoms with van der Waals surface area (Å²) in [7, 11) is 0. The molecule has 1 heterocycles. The van der Waals surface area contributed by atoms with Crippen LogP contribution in [0.2, 0.25) is 0 Å². The minimum absolute atomic E-state index is 0.170. The number of rotatable bonds is 4. The summed E-state index contributed by atoms with van der Waals surface area (Å²) in [6.07, 6.45) is -3.32. The molecule has 196 valence electrons. The first-order chi connectivity index (χ1) is 16.7. The molecule has 0 spiro atoms. The molecule has 1 fully saturated rings. The number of hydrogen-bond acceptors (Lipinski definition) is 3. The number of fused-ring (bicyclic) bond motifs is 1. The number of benzene rings is 2. The van der Waals surface area contributed by atoms with Crippen molar-refractivity contribution in [1.82, 2.24) is 15.3 Å². The zero-order valence-electron chi connectivity index (χ0n) is 19.7. The van der Waals surface area contributed by atoms with E-state index in [9.17, 15) is 26.3 Å². The number of H-pyrrole nitrogens is 1. The van der Waals surface area contributed by atoms with E-state index in [1.807, 2.05) is 12.1 Å². The van der Waals surface area contributed by atoms with Crippen molar-refractivity contribution >= 4 is 17.0 Å². The Morgan fingerprint density at radius 3 is 2.19 bits per heavy atom. The molecule has 0 amide bonds. The Labute approximate surface area is 203 Å². The summed E-state index contributed by atoms with van der Waals surface area (Å²) in [6, 6.07) is 10.5. The summed E-state index contributed by atoms with van der Waals surface area (Å²) in [5.41, 5.74) is 2.49. The van der Waals surface area contributed by atoms with Crippen molar-refractivity contribution in [3.63, 3.8) is 0 Å². The van der Waals surface area contributed by atoms with Crippen LogP contribution in [0, 0.1) is 5.41 Å². The fraction of sp³-hybridized carbons (Fsp3) is 0.440. The molecule has 36 heavy (non-hydrogen) atoms. The van der Waals surface area contributed by atoms with Crippen LogP contribution in [0.3, 0.4) is 0 Å². The number of alkyl halides is 6. The van der Waals surface area contributed by atoms with Gasteiger partial charge < -0.3 is 15.4 Å². The first-order valence-corrected chi connectivity index (χ1v) is 11.3. The summed E-state index contributed by atoms with van der Waals surface area (Å²) in [4.78, 5) is 15.7. The van der Waals surface area contributed by atoms with E-state index >= 15 is 0 Å². The second-order valence-corrected chi connectivity index (χ2v) is 9.63. The van der Waals surface area contributed by atoms with E-state index in [1.165, 1.54) is 38.1 Å². The highest BCUT2D eigenvalue weighted by molar-refractivity contribution is 5.84. The van der Waals surface area contributed by atoms with Crippen molar-refractivity contribution in [3.8, 4) is 11.1 Å². The van der Waals surface area contributed by atoms with E-state index in [0.717, 1.165) is 18.2 Å². The lowest BCUT2D eigenvalue weighted by Gasteiger charge is -2.34. The number of aromatic nitrogens is 2. The number of carboxylic acid groups (broad SMARTS) is 1. The van der Waals surface area contributed by atoms with Crippen LogP contribution in [0.4, 0.5) is 26.3 Å². The molecule has 3 aromatic rings. The second-order valence-electron chi connectivity index (χ2n) is 9.63. The molecule has 0 atom stereocenters. The Balaban J connectivity index is 0.000000454. The van der Waals surface area contributed by atoms with Crippen LogP contribution in [-0.2, 0) is 17.5 Å². The second kappa shape index (κ2) is 10.5. The molecule has 1 aliphatic carbocycles. The van der Waals surface area contributed by atoms with Gasteiger partial charge in [-0.1, -0.05) is 38.1 Å². The molecular formula is C25H27F6N3O2. The van der Waals surface area contributed by atoms with Crippen LogP contribution < -0.4 is 5.32 Å². The van der Waals surface area contributed by atoms with Crippen LogP contribution in [0.1, 0.15) is 50.7 Å². The number of nitrogens with zero attached hydrogens (tertiary/aromatic N) is 1. The summed E-state index contributed by atoms with van der Waals surface area (Å²) in [5.74, 6) is -2.76. The summed E-state index contributed by atoms with van der Waals surface area (Å²) in [6.45, 7) is 5.37. The zero-order chi connectivity index (χ0) is 26.7. The van der Waals surface area contributed by atoms with Crippen molar-refractivity contribution < 1.29 is 36.2 Å². The fourth-order valence-corrected chi connectivity index (χ4v) is 4.12. The quantitative estimate of drug-likeness (QED) is 0.329. The number of aromatic amines is 1. The largest absolute Gasteiger partial charge is 0.490 e. The van der Waals surface area contributed by atoms with Gasteiger partial charge in [0.15, 0.2) is 0 Å². The molecule has 0 unspecified atom stereocenters. The number of carbonyl (C=O) groups is 1. The van der Waals surface area contributed by atoms with Crippen molar-refractivity contribution in [3.05, 3.63) is 53.9 Å². The minimum atomic E-state index is -5.08. The molecule has 1 aliphatic rings. The van der Waals surface area contributed by atoms with Gasteiger partial charge in [0.05, 0.1) is 22.9 Å². The standard InChI is InChI=1S/C23H26F3N3.C2HF3O2/c1-22(2)9-7-17(8-10-22)27-13-15-3-5-16(6-4-15)18-11-20-21(29-14-28-20)12-19(18)23(24,25)26;3-2(4,5)1(6)7/h3-6,11-12,14,17,27H,7-10,13H2,1-2H3,(H,28,29);(H,6,7). The van der Waals surface area contributed by atoms with E-state index in [-0.39, 0.29) is 5.56 Å². The average Bonchev–Trinajstić information content (AvgIpc) is 3.25. The Hall–Kier alpha value is -3.08. The molecule has 5 nitrogen and oxygen atoms in total. The van der Waals surface area contributed by atoms with Gasteiger partial charge in [0.25, 0.3) is 0 Å². The lowest BCUT2D eigenvalue weighted by atomic mass is 9.75. The van der Waals surface area contributed by atoms with Gasteiger partial charge in [0.1, 0.15) is 0 Å². The van der Waals surface area contributed by atoms with Crippen LogP contribution in [0.15, 0.2) is 42.7 Å². The van der Waals surface area contributed by atoms with Gasteiger partial charge in [-0.25, -0.2) is 9.78 Å². The Morgan fingerprint density at radius 1 is 1.08 bits per heavy atom. The molecule has 0 radical (unpaired) electrons. The van der Waals surface area contributed by atoms with E-state index in [2.05, 4.69) is 29.1 Å². The zero-order valence-corrected chi connectivity index (χ0v) is 19.7. The first kappa shape index (κ1) is 27.5. The lowest BCUT2D eigenvalue weighted by molar-refractivity contribution is -0.192. The lowest BCUT2D eigenvalue weighted by Crippen LogP contribution is -2.35. The van der Waals surface area contributed by atoms with Crippen molar-refractivity contribution in [1.29, 1.82) is 0 Å². The molecule has 11 heteroatoms. The van der Waals surface area contributed by atoms with Crippen molar-refractivity contribution in [2.75, 3.05) is 0 Å². The highest BCUT2D eigenvalue weighted by atomic mass is 19.4. The maximum absolute atomic E-state index is 13.6. The van der Waals surface area contributed by atoms with E-state index < -0.39 is 23.9 Å². The van der Waals surface area contributed by atoms with E-state index in [0.29, 0.717) is 28.1 Å². The molecule has 3 N–H and O–H groups in total. The third kappa shape index (κ3) is 7.22. The molecule has 1 aromatic heterocycles. The predicted molar refractivity (Wildman–Crippen MR) is 123 cm³/mol. The van der Waals surface area contributed by atoms with Crippen LogP contribution in [-0.4, -0.2) is 33.3 Å². The number of nitrogens with one attached hydrogen (secondary N) is 2. The summed E-state index contributed by atoms with van der Waals surface area (Å²) < 4.78 is 72.5. The number of aliphatic carboxylic acids is 1. The number of imidazole rings is 1. The van der Waals surface area contributed by atoms with Gasteiger partial charge in [-0.15, -0.1) is 0 Å². The SMILES string of the molecule is CC1(C)CCC(NCc2ccc(-c3cc4[nH]cnc4cc3C(F)(F)F)cc2)CC1.O=C(O)C(F)(F)F. The molecule has 0 bridgehead atoms. The Morgan fingerprint density at radius 2 is 1.67 bits per heavy atom. The molecule has 0 saturated heterocycles. The Bertz CT molecular complexity index is 1170. The predicted octanol–water partition coefficient (Wildman–Crippen LogP) is 6.94. The molecule has 4 rings (SSSR count). The van der Waals surface area contributed by atoms with Crippen LogP contribution in [0.25, 0.3) is 22.2 Å². The third-order valence-electron chi connectivity index (χ3n) is 6.31. The van der Waals surface area contributed by atoms with Crippen molar-refractivity contribution in [2.24, 2.45) is 5.41 Å². The van der Waals surface area contributed by atoms with Gasteiger partial charge in [-0.3, -0.25) is 0 Å². The number of carboxylic acids is 1. The normalized spacial score (nSPS) is 16.4.